The van der Waals surface area contributed by atoms with Crippen molar-refractivity contribution in [3.63, 3.8) is 0 Å². The van der Waals surface area contributed by atoms with Crippen LogP contribution in [0.5, 0.6) is 5.75 Å². The maximum absolute atomic E-state index is 11.8. The number of carbonyl (C=O) groups excluding carboxylic acids is 2. The molecule has 2 amide bonds. The van der Waals surface area contributed by atoms with Crippen molar-refractivity contribution in [3.8, 4) is 5.75 Å². The maximum atomic E-state index is 11.8. The average molecular weight is 311 g/mol. The minimum Gasteiger partial charge on any atom is -0.484 e. The molecule has 3 N–H and O–H groups in total. The number of nitrogens with one attached hydrogen (secondary N) is 1. The van der Waals surface area contributed by atoms with Gasteiger partial charge in [-0.25, -0.2) is 4.98 Å². The van der Waals surface area contributed by atoms with Crippen LogP contribution in [-0.2, 0) is 9.59 Å². The van der Waals surface area contributed by atoms with Crippen LogP contribution in [0.3, 0.4) is 0 Å². The predicted octanol–water partition coefficient (Wildman–Crippen LogP) is 1.91. The van der Waals surface area contributed by atoms with E-state index in [0.29, 0.717) is 11.6 Å². The van der Waals surface area contributed by atoms with Crippen LogP contribution in [0.2, 0.25) is 0 Å². The number of nitrogens with two attached hydrogens (primary N) is 1. The average Bonchev–Trinajstić information content (AvgIpc) is 2.54. The van der Waals surface area contributed by atoms with Gasteiger partial charge in [0.15, 0.2) is 6.61 Å². The van der Waals surface area contributed by atoms with Crippen molar-refractivity contribution in [1.29, 1.82) is 0 Å². The molecule has 2 aromatic rings. The van der Waals surface area contributed by atoms with Gasteiger partial charge in [-0.1, -0.05) is 18.2 Å². The number of rotatable bonds is 6. The molecule has 6 heteroatoms. The van der Waals surface area contributed by atoms with Crippen LogP contribution in [0, 0.1) is 6.92 Å². The van der Waals surface area contributed by atoms with E-state index in [9.17, 15) is 9.59 Å². The maximum Gasteiger partial charge on any atom is 0.255 e. The molecule has 0 saturated carbocycles. The van der Waals surface area contributed by atoms with E-state index in [1.165, 1.54) is 6.08 Å². The van der Waals surface area contributed by atoms with Crippen LogP contribution >= 0.6 is 0 Å². The summed E-state index contributed by atoms with van der Waals surface area (Å²) < 4.78 is 5.15. The third-order valence-electron chi connectivity index (χ3n) is 2.85. The summed E-state index contributed by atoms with van der Waals surface area (Å²) in [7, 11) is 0. The number of amides is 2. The molecule has 0 saturated heterocycles. The van der Waals surface area contributed by atoms with Gasteiger partial charge in [0.05, 0.1) is 0 Å². The molecule has 0 fully saturated rings. The summed E-state index contributed by atoms with van der Waals surface area (Å²) >= 11 is 0. The standard InChI is InChI=1S/C17H17N3O3/c1-12-2-8-16(19-10-12)20-17(22)9-5-13-3-6-14(7-4-13)23-11-15(18)21/h2-10H,11H2,1H3,(H2,18,21)(H,19,20,22)/b9-5+. The van der Waals surface area contributed by atoms with Crippen molar-refractivity contribution in [1.82, 2.24) is 4.98 Å². The smallest absolute Gasteiger partial charge is 0.255 e. The van der Waals surface area contributed by atoms with Gasteiger partial charge in [0.2, 0.25) is 5.91 Å². The molecule has 23 heavy (non-hydrogen) atoms. The fourth-order valence-corrected chi connectivity index (χ4v) is 1.71. The summed E-state index contributed by atoms with van der Waals surface area (Å²) in [6.07, 6.45) is 4.77. The minimum atomic E-state index is -0.532. The first-order valence-electron chi connectivity index (χ1n) is 6.96. The largest absolute Gasteiger partial charge is 0.484 e. The summed E-state index contributed by atoms with van der Waals surface area (Å²) in [5.41, 5.74) is 6.85. The fraction of sp³-hybridized carbons (Fsp3) is 0.118. The summed E-state index contributed by atoms with van der Waals surface area (Å²) in [6, 6.07) is 10.5. The highest BCUT2D eigenvalue weighted by molar-refractivity contribution is 6.01. The van der Waals surface area contributed by atoms with E-state index >= 15 is 0 Å². The Morgan fingerprint density at radius 3 is 2.57 bits per heavy atom. The van der Waals surface area contributed by atoms with Crippen molar-refractivity contribution in [2.75, 3.05) is 11.9 Å². The Hall–Kier alpha value is -3.15. The first-order valence-corrected chi connectivity index (χ1v) is 6.96. The molecule has 0 aliphatic carbocycles. The van der Waals surface area contributed by atoms with E-state index in [0.717, 1.165) is 11.1 Å². The van der Waals surface area contributed by atoms with E-state index in [1.807, 2.05) is 13.0 Å². The van der Waals surface area contributed by atoms with Crippen LogP contribution in [0.15, 0.2) is 48.7 Å². The van der Waals surface area contributed by atoms with Crippen molar-refractivity contribution in [2.24, 2.45) is 5.73 Å². The van der Waals surface area contributed by atoms with Gasteiger partial charge in [-0.15, -0.1) is 0 Å². The van der Waals surface area contributed by atoms with Crippen LogP contribution in [-0.4, -0.2) is 23.4 Å². The SMILES string of the molecule is Cc1ccc(NC(=O)/C=C/c2ccc(OCC(N)=O)cc2)nc1. The van der Waals surface area contributed by atoms with Gasteiger partial charge < -0.3 is 15.8 Å². The van der Waals surface area contributed by atoms with Crippen molar-refractivity contribution in [3.05, 3.63) is 59.8 Å². The third-order valence-corrected chi connectivity index (χ3v) is 2.85. The lowest BCUT2D eigenvalue weighted by atomic mass is 10.2. The fourth-order valence-electron chi connectivity index (χ4n) is 1.71. The highest BCUT2D eigenvalue weighted by Crippen LogP contribution is 2.13. The molecule has 0 radical (unpaired) electrons. The molecule has 1 heterocycles. The van der Waals surface area contributed by atoms with Gasteiger partial charge in [-0.05, 0) is 42.3 Å². The Kier molecular flexibility index (Phi) is 5.46. The van der Waals surface area contributed by atoms with Gasteiger partial charge in [0.25, 0.3) is 5.91 Å². The second kappa shape index (κ2) is 7.74. The van der Waals surface area contributed by atoms with Gasteiger partial charge in [-0.2, -0.15) is 0 Å². The van der Waals surface area contributed by atoms with Crippen LogP contribution in [0.25, 0.3) is 6.08 Å². The summed E-state index contributed by atoms with van der Waals surface area (Å²) in [4.78, 5) is 26.5. The van der Waals surface area contributed by atoms with E-state index in [1.54, 1.807) is 42.6 Å². The molecule has 0 aliphatic heterocycles. The molecule has 0 unspecified atom stereocenters. The zero-order valence-electron chi connectivity index (χ0n) is 12.7. The quantitative estimate of drug-likeness (QED) is 0.797. The number of pyridine rings is 1. The molecular formula is C17H17N3O3. The Balaban J connectivity index is 1.90. The monoisotopic (exact) mass is 311 g/mol. The lowest BCUT2D eigenvalue weighted by Gasteiger charge is -2.03. The topological polar surface area (TPSA) is 94.3 Å². The number of anilines is 1. The zero-order chi connectivity index (χ0) is 16.7. The van der Waals surface area contributed by atoms with Gasteiger partial charge in [-0.3, -0.25) is 9.59 Å². The minimum absolute atomic E-state index is 0.166. The third kappa shape index (κ3) is 5.62. The molecule has 2 rings (SSSR count). The van der Waals surface area contributed by atoms with Crippen LogP contribution in [0.4, 0.5) is 5.82 Å². The van der Waals surface area contributed by atoms with Gasteiger partial charge >= 0.3 is 0 Å². The van der Waals surface area contributed by atoms with E-state index in [-0.39, 0.29) is 12.5 Å². The number of aryl methyl sites for hydroxylation is 1. The number of hydrogen-bond acceptors (Lipinski definition) is 4. The van der Waals surface area contributed by atoms with E-state index < -0.39 is 5.91 Å². The second-order valence-electron chi connectivity index (χ2n) is 4.87. The van der Waals surface area contributed by atoms with E-state index in [2.05, 4.69) is 10.3 Å². The Morgan fingerprint density at radius 2 is 1.96 bits per heavy atom. The zero-order valence-corrected chi connectivity index (χ0v) is 12.7. The lowest BCUT2D eigenvalue weighted by molar-refractivity contribution is -0.120. The van der Waals surface area contributed by atoms with Crippen molar-refractivity contribution in [2.45, 2.75) is 6.92 Å². The number of ether oxygens (including phenoxy) is 1. The molecule has 0 aliphatic rings. The van der Waals surface area contributed by atoms with Crippen LogP contribution < -0.4 is 15.8 Å². The number of primary amides is 1. The van der Waals surface area contributed by atoms with Crippen molar-refractivity contribution < 1.29 is 14.3 Å². The summed E-state index contributed by atoms with van der Waals surface area (Å²) in [5, 5.41) is 2.67. The molecule has 0 bridgehead atoms. The molecule has 118 valence electrons. The number of aromatic nitrogens is 1. The van der Waals surface area contributed by atoms with Gasteiger partial charge in [0, 0.05) is 12.3 Å². The number of hydrogen-bond donors (Lipinski definition) is 2. The molecule has 0 atom stereocenters. The summed E-state index contributed by atoms with van der Waals surface area (Å²) in [5.74, 6) is 0.237. The highest BCUT2D eigenvalue weighted by Gasteiger charge is 2.00. The summed E-state index contributed by atoms with van der Waals surface area (Å²) in [6.45, 7) is 1.76. The highest BCUT2D eigenvalue weighted by atomic mass is 16.5. The van der Waals surface area contributed by atoms with Gasteiger partial charge in [0.1, 0.15) is 11.6 Å². The Bertz CT molecular complexity index is 707. The Labute approximate surface area is 134 Å². The number of benzene rings is 1. The number of nitrogens with zero attached hydrogens (tertiary/aromatic N) is 1. The lowest BCUT2D eigenvalue weighted by Crippen LogP contribution is -2.19. The first-order chi connectivity index (χ1) is 11.0. The molecular weight excluding hydrogens is 294 g/mol. The normalized spacial score (nSPS) is 10.5. The number of carbonyl (C=O) groups is 2. The second-order valence-corrected chi connectivity index (χ2v) is 4.87. The molecule has 1 aromatic heterocycles. The molecule has 1 aromatic carbocycles. The predicted molar refractivity (Wildman–Crippen MR) is 87.8 cm³/mol. The molecule has 0 spiro atoms. The molecule has 6 nitrogen and oxygen atoms in total. The Morgan fingerprint density at radius 1 is 1.22 bits per heavy atom. The van der Waals surface area contributed by atoms with E-state index in [4.69, 9.17) is 10.5 Å². The van der Waals surface area contributed by atoms with Crippen molar-refractivity contribution >= 4 is 23.7 Å². The van der Waals surface area contributed by atoms with Crippen LogP contribution in [0.1, 0.15) is 11.1 Å². The first kappa shape index (κ1) is 16.2.